The molecule has 2 rings (SSSR count). The SMILES string of the molecule is O=C(Cc1ccoc1)C1(O)CCCC1. The maximum absolute atomic E-state index is 11.7. The van der Waals surface area contributed by atoms with Crippen molar-refractivity contribution in [2.75, 3.05) is 0 Å². The molecule has 3 heteroatoms. The zero-order valence-electron chi connectivity index (χ0n) is 8.03. The Morgan fingerprint density at radius 3 is 2.79 bits per heavy atom. The first-order valence-corrected chi connectivity index (χ1v) is 4.97. The number of hydrogen-bond donors (Lipinski definition) is 1. The molecule has 0 bridgehead atoms. The van der Waals surface area contributed by atoms with Crippen LogP contribution in [0.25, 0.3) is 0 Å². The number of rotatable bonds is 3. The molecule has 0 aromatic carbocycles. The molecule has 0 aliphatic heterocycles. The molecule has 1 N–H and O–H groups in total. The smallest absolute Gasteiger partial charge is 0.168 e. The summed E-state index contributed by atoms with van der Waals surface area (Å²) in [7, 11) is 0. The molecule has 1 aromatic rings. The molecule has 0 radical (unpaired) electrons. The zero-order chi connectivity index (χ0) is 10.0. The van der Waals surface area contributed by atoms with E-state index < -0.39 is 5.60 Å². The van der Waals surface area contributed by atoms with Gasteiger partial charge in [0.15, 0.2) is 5.78 Å². The molecule has 14 heavy (non-hydrogen) atoms. The molecule has 0 saturated heterocycles. The summed E-state index contributed by atoms with van der Waals surface area (Å²) in [6.45, 7) is 0. The van der Waals surface area contributed by atoms with E-state index in [-0.39, 0.29) is 12.2 Å². The summed E-state index contributed by atoms with van der Waals surface area (Å²) >= 11 is 0. The standard InChI is InChI=1S/C11H14O3/c12-10(7-9-3-6-14-8-9)11(13)4-1-2-5-11/h3,6,8,13H,1-2,4-5,7H2. The lowest BCUT2D eigenvalue weighted by molar-refractivity contribution is -0.136. The van der Waals surface area contributed by atoms with Gasteiger partial charge in [0.2, 0.25) is 0 Å². The Bertz CT molecular complexity index is 307. The van der Waals surface area contributed by atoms with E-state index in [2.05, 4.69) is 0 Å². The van der Waals surface area contributed by atoms with Crippen molar-refractivity contribution in [1.82, 2.24) is 0 Å². The number of aliphatic hydroxyl groups is 1. The van der Waals surface area contributed by atoms with Crippen LogP contribution in [-0.4, -0.2) is 16.5 Å². The lowest BCUT2D eigenvalue weighted by atomic mass is 9.93. The van der Waals surface area contributed by atoms with Crippen LogP contribution in [0.5, 0.6) is 0 Å². The summed E-state index contributed by atoms with van der Waals surface area (Å²) in [5, 5.41) is 9.98. The van der Waals surface area contributed by atoms with Crippen LogP contribution in [0.3, 0.4) is 0 Å². The molecule has 0 spiro atoms. The maximum Gasteiger partial charge on any atom is 0.168 e. The monoisotopic (exact) mass is 194 g/mol. The quantitative estimate of drug-likeness (QED) is 0.796. The first-order chi connectivity index (χ1) is 6.71. The van der Waals surface area contributed by atoms with Crippen LogP contribution in [0.2, 0.25) is 0 Å². The molecular formula is C11H14O3. The molecule has 1 fully saturated rings. The Kier molecular flexibility index (Phi) is 2.42. The van der Waals surface area contributed by atoms with Crippen molar-refractivity contribution in [2.24, 2.45) is 0 Å². The summed E-state index contributed by atoms with van der Waals surface area (Å²) in [6, 6.07) is 1.76. The summed E-state index contributed by atoms with van der Waals surface area (Å²) in [5.74, 6) is -0.0728. The van der Waals surface area contributed by atoms with Gasteiger partial charge in [-0.25, -0.2) is 0 Å². The molecule has 76 valence electrons. The van der Waals surface area contributed by atoms with Gasteiger partial charge in [-0.1, -0.05) is 0 Å². The summed E-state index contributed by atoms with van der Waals surface area (Å²) in [4.78, 5) is 11.7. The van der Waals surface area contributed by atoms with Gasteiger partial charge in [0.1, 0.15) is 5.60 Å². The van der Waals surface area contributed by atoms with Crippen LogP contribution in [-0.2, 0) is 11.2 Å². The second-order valence-corrected chi connectivity index (χ2v) is 3.97. The Labute approximate surface area is 82.7 Å². The lowest BCUT2D eigenvalue weighted by Crippen LogP contribution is -2.36. The first-order valence-electron chi connectivity index (χ1n) is 4.97. The van der Waals surface area contributed by atoms with Crippen LogP contribution >= 0.6 is 0 Å². The normalized spacial score (nSPS) is 19.8. The Balaban J connectivity index is 2.02. The summed E-state index contributed by atoms with van der Waals surface area (Å²) in [6.07, 6.45) is 6.51. The van der Waals surface area contributed by atoms with E-state index in [1.54, 1.807) is 18.6 Å². The van der Waals surface area contributed by atoms with Gasteiger partial charge in [-0.3, -0.25) is 4.79 Å². The fraction of sp³-hybridized carbons (Fsp3) is 0.545. The number of furan rings is 1. The van der Waals surface area contributed by atoms with Crippen molar-refractivity contribution >= 4 is 5.78 Å². The average Bonchev–Trinajstić information content (AvgIpc) is 2.76. The van der Waals surface area contributed by atoms with Gasteiger partial charge in [0, 0.05) is 6.42 Å². The number of hydrogen-bond acceptors (Lipinski definition) is 3. The fourth-order valence-corrected chi connectivity index (χ4v) is 1.98. The molecule has 0 amide bonds. The minimum Gasteiger partial charge on any atom is -0.472 e. The molecular weight excluding hydrogens is 180 g/mol. The van der Waals surface area contributed by atoms with E-state index in [1.165, 1.54) is 0 Å². The van der Waals surface area contributed by atoms with Gasteiger partial charge in [0.25, 0.3) is 0 Å². The van der Waals surface area contributed by atoms with Crippen LogP contribution in [0.1, 0.15) is 31.2 Å². The van der Waals surface area contributed by atoms with Gasteiger partial charge in [-0.05, 0) is 37.3 Å². The number of carbonyl (C=O) groups is 1. The topological polar surface area (TPSA) is 50.4 Å². The van der Waals surface area contributed by atoms with Crippen molar-refractivity contribution in [3.63, 3.8) is 0 Å². The zero-order valence-corrected chi connectivity index (χ0v) is 8.03. The van der Waals surface area contributed by atoms with E-state index in [1.807, 2.05) is 0 Å². The highest BCUT2D eigenvalue weighted by Gasteiger charge is 2.38. The van der Waals surface area contributed by atoms with Crippen LogP contribution in [0.15, 0.2) is 23.0 Å². The third-order valence-corrected chi connectivity index (χ3v) is 2.89. The predicted octanol–water partition coefficient (Wildman–Crippen LogP) is 1.70. The van der Waals surface area contributed by atoms with Gasteiger partial charge in [-0.15, -0.1) is 0 Å². The second-order valence-electron chi connectivity index (χ2n) is 3.97. The third-order valence-electron chi connectivity index (χ3n) is 2.89. The van der Waals surface area contributed by atoms with Crippen molar-refractivity contribution in [3.05, 3.63) is 24.2 Å². The van der Waals surface area contributed by atoms with Gasteiger partial charge in [-0.2, -0.15) is 0 Å². The highest BCUT2D eigenvalue weighted by molar-refractivity contribution is 5.89. The van der Waals surface area contributed by atoms with E-state index in [0.29, 0.717) is 12.8 Å². The van der Waals surface area contributed by atoms with Crippen molar-refractivity contribution in [3.8, 4) is 0 Å². The molecule has 1 saturated carbocycles. The molecule has 3 nitrogen and oxygen atoms in total. The maximum atomic E-state index is 11.7. The van der Waals surface area contributed by atoms with E-state index in [9.17, 15) is 9.90 Å². The Hall–Kier alpha value is -1.09. The van der Waals surface area contributed by atoms with Gasteiger partial charge >= 0.3 is 0 Å². The van der Waals surface area contributed by atoms with Crippen molar-refractivity contribution < 1.29 is 14.3 Å². The number of Topliss-reactive ketones (excluding diaryl/α,β-unsaturated/α-hetero) is 1. The summed E-state index contributed by atoms with van der Waals surface area (Å²) < 4.78 is 4.88. The average molecular weight is 194 g/mol. The molecule has 1 aliphatic rings. The molecule has 0 atom stereocenters. The van der Waals surface area contributed by atoms with Crippen LogP contribution in [0.4, 0.5) is 0 Å². The summed E-state index contributed by atoms with van der Waals surface area (Å²) in [5.41, 5.74) is -0.215. The number of carbonyl (C=O) groups excluding carboxylic acids is 1. The highest BCUT2D eigenvalue weighted by Crippen LogP contribution is 2.31. The van der Waals surface area contributed by atoms with Crippen LogP contribution < -0.4 is 0 Å². The van der Waals surface area contributed by atoms with E-state index in [4.69, 9.17) is 4.42 Å². The van der Waals surface area contributed by atoms with E-state index >= 15 is 0 Å². The minimum atomic E-state index is -1.06. The molecule has 0 unspecified atom stereocenters. The van der Waals surface area contributed by atoms with Gasteiger partial charge < -0.3 is 9.52 Å². The van der Waals surface area contributed by atoms with E-state index in [0.717, 1.165) is 18.4 Å². The highest BCUT2D eigenvalue weighted by atomic mass is 16.3. The third kappa shape index (κ3) is 1.73. The van der Waals surface area contributed by atoms with Crippen molar-refractivity contribution in [1.29, 1.82) is 0 Å². The largest absolute Gasteiger partial charge is 0.472 e. The second kappa shape index (κ2) is 3.58. The van der Waals surface area contributed by atoms with Crippen LogP contribution in [0, 0.1) is 0 Å². The fourth-order valence-electron chi connectivity index (χ4n) is 1.98. The first kappa shape index (κ1) is 9.46. The van der Waals surface area contributed by atoms with Gasteiger partial charge in [0.05, 0.1) is 12.5 Å². The predicted molar refractivity (Wildman–Crippen MR) is 50.8 cm³/mol. The Morgan fingerprint density at radius 2 is 2.21 bits per heavy atom. The lowest BCUT2D eigenvalue weighted by Gasteiger charge is -2.19. The number of ketones is 1. The Morgan fingerprint density at radius 1 is 1.50 bits per heavy atom. The minimum absolute atomic E-state index is 0.0728. The molecule has 1 heterocycles. The molecule has 1 aromatic heterocycles. The molecule has 1 aliphatic carbocycles. The van der Waals surface area contributed by atoms with Crippen molar-refractivity contribution in [2.45, 2.75) is 37.7 Å².